The summed E-state index contributed by atoms with van der Waals surface area (Å²) in [7, 11) is 1.56. The van der Waals surface area contributed by atoms with Crippen molar-refractivity contribution in [3.05, 3.63) is 24.3 Å². The van der Waals surface area contributed by atoms with Crippen molar-refractivity contribution in [1.82, 2.24) is 10.2 Å². The average Bonchev–Trinajstić information content (AvgIpc) is 2.65. The van der Waals surface area contributed by atoms with Gasteiger partial charge >= 0.3 is 0 Å². The predicted molar refractivity (Wildman–Crippen MR) is 96.1 cm³/mol. The van der Waals surface area contributed by atoms with Gasteiger partial charge in [0.25, 0.3) is 5.91 Å². The van der Waals surface area contributed by atoms with Crippen molar-refractivity contribution < 1.29 is 23.9 Å². The fourth-order valence-corrected chi connectivity index (χ4v) is 2.83. The molecule has 0 saturated carbocycles. The molecule has 7 heteroatoms. The largest absolute Gasteiger partial charge is 0.493 e. The summed E-state index contributed by atoms with van der Waals surface area (Å²) in [5, 5.41) is 2.93. The molecule has 142 valence electrons. The third-order valence-corrected chi connectivity index (χ3v) is 4.34. The van der Waals surface area contributed by atoms with Crippen molar-refractivity contribution in [3.8, 4) is 11.5 Å². The Hall–Kier alpha value is -2.57. The number of piperidine rings is 1. The summed E-state index contributed by atoms with van der Waals surface area (Å²) in [6.45, 7) is 2.58. The van der Waals surface area contributed by atoms with Crippen LogP contribution < -0.4 is 14.8 Å². The van der Waals surface area contributed by atoms with Gasteiger partial charge in [-0.1, -0.05) is 12.1 Å². The fraction of sp³-hybridized carbons (Fsp3) is 0.526. The van der Waals surface area contributed by atoms with Crippen LogP contribution >= 0.6 is 0 Å². The van der Waals surface area contributed by atoms with Gasteiger partial charge in [-0.05, 0) is 31.9 Å². The van der Waals surface area contributed by atoms with Crippen LogP contribution in [0.4, 0.5) is 0 Å². The second kappa shape index (κ2) is 9.79. The van der Waals surface area contributed by atoms with Crippen LogP contribution in [0.25, 0.3) is 0 Å². The summed E-state index contributed by atoms with van der Waals surface area (Å²) in [5.74, 6) is 0.945. The number of methoxy groups -OCH3 is 1. The molecule has 2 rings (SSSR count). The Labute approximate surface area is 153 Å². The number of hydrogen-bond acceptors (Lipinski definition) is 5. The lowest BCUT2D eigenvalue weighted by Crippen LogP contribution is -2.47. The molecule has 1 saturated heterocycles. The number of carbonyl (C=O) groups excluding carboxylic acids is 3. The molecule has 0 aromatic heterocycles. The molecule has 1 fully saturated rings. The number of likely N-dealkylation sites (tertiary alicyclic amines) is 1. The zero-order chi connectivity index (χ0) is 18.9. The molecule has 0 spiro atoms. The lowest BCUT2D eigenvalue weighted by atomic mass is 10.0. The van der Waals surface area contributed by atoms with Crippen LogP contribution in [-0.2, 0) is 14.4 Å². The molecule has 0 bridgehead atoms. The highest BCUT2D eigenvalue weighted by molar-refractivity contribution is 5.83. The van der Waals surface area contributed by atoms with E-state index in [-0.39, 0.29) is 43.1 Å². The molecule has 0 aliphatic carbocycles. The van der Waals surface area contributed by atoms with E-state index >= 15 is 0 Å². The van der Waals surface area contributed by atoms with Crippen LogP contribution in [0.5, 0.6) is 11.5 Å². The van der Waals surface area contributed by atoms with Crippen LogP contribution in [0.3, 0.4) is 0 Å². The van der Waals surface area contributed by atoms with Crippen LogP contribution in [0, 0.1) is 0 Å². The highest BCUT2D eigenvalue weighted by Crippen LogP contribution is 2.25. The number of ketones is 1. The molecule has 1 aromatic carbocycles. The molecule has 0 radical (unpaired) electrons. The van der Waals surface area contributed by atoms with Gasteiger partial charge in [0.15, 0.2) is 18.1 Å². The molecule has 1 heterocycles. The zero-order valence-electron chi connectivity index (χ0n) is 15.3. The lowest BCUT2D eigenvalue weighted by Gasteiger charge is -2.32. The van der Waals surface area contributed by atoms with Gasteiger partial charge in [-0.15, -0.1) is 0 Å². The first-order chi connectivity index (χ1) is 12.5. The van der Waals surface area contributed by atoms with Crippen molar-refractivity contribution >= 4 is 17.6 Å². The van der Waals surface area contributed by atoms with Gasteiger partial charge in [-0.25, -0.2) is 0 Å². The molecule has 26 heavy (non-hydrogen) atoms. The summed E-state index contributed by atoms with van der Waals surface area (Å²) in [4.78, 5) is 36.8. The highest BCUT2D eigenvalue weighted by atomic mass is 16.5. The third-order valence-electron chi connectivity index (χ3n) is 4.34. The number of rotatable bonds is 8. The number of nitrogens with one attached hydrogen (secondary N) is 1. The van der Waals surface area contributed by atoms with Gasteiger partial charge in [-0.2, -0.15) is 0 Å². The zero-order valence-corrected chi connectivity index (χ0v) is 15.3. The topological polar surface area (TPSA) is 84.9 Å². The van der Waals surface area contributed by atoms with E-state index in [0.717, 1.165) is 0 Å². The first-order valence-electron chi connectivity index (χ1n) is 8.82. The maximum absolute atomic E-state index is 12.3. The van der Waals surface area contributed by atoms with Gasteiger partial charge in [0.1, 0.15) is 5.78 Å². The molecule has 1 aliphatic heterocycles. The molecule has 1 N–H and O–H groups in total. The first kappa shape index (κ1) is 19.8. The second-order valence-electron chi connectivity index (χ2n) is 6.36. The lowest BCUT2D eigenvalue weighted by molar-refractivity contribution is -0.134. The smallest absolute Gasteiger partial charge is 0.260 e. The van der Waals surface area contributed by atoms with Gasteiger partial charge in [0.2, 0.25) is 5.91 Å². The number of benzene rings is 1. The van der Waals surface area contributed by atoms with Crippen molar-refractivity contribution in [2.75, 3.05) is 26.8 Å². The average molecular weight is 362 g/mol. The number of nitrogens with zero attached hydrogens (tertiary/aromatic N) is 1. The van der Waals surface area contributed by atoms with E-state index in [1.165, 1.54) is 6.92 Å². The number of hydrogen-bond donors (Lipinski definition) is 1. The Morgan fingerprint density at radius 2 is 1.77 bits per heavy atom. The van der Waals surface area contributed by atoms with Gasteiger partial charge in [0, 0.05) is 32.0 Å². The quantitative estimate of drug-likeness (QED) is 0.758. The monoisotopic (exact) mass is 362 g/mol. The minimum Gasteiger partial charge on any atom is -0.493 e. The molecule has 7 nitrogen and oxygen atoms in total. The Bertz CT molecular complexity index is 639. The Morgan fingerprint density at radius 3 is 2.38 bits per heavy atom. The van der Waals surface area contributed by atoms with E-state index in [1.807, 2.05) is 12.1 Å². The van der Waals surface area contributed by atoms with Gasteiger partial charge < -0.3 is 24.5 Å². The van der Waals surface area contributed by atoms with Gasteiger partial charge in [0.05, 0.1) is 7.11 Å². The van der Waals surface area contributed by atoms with Crippen molar-refractivity contribution in [2.24, 2.45) is 0 Å². The number of Topliss-reactive ketones (excluding diaryl/α,β-unsaturated/α-hetero) is 1. The van der Waals surface area contributed by atoms with E-state index in [9.17, 15) is 14.4 Å². The number of amides is 2. The minimum absolute atomic E-state index is 0.00983. The predicted octanol–water partition coefficient (Wildman–Crippen LogP) is 1.55. The number of para-hydroxylation sites is 2. The number of carbonyl (C=O) groups is 3. The van der Waals surface area contributed by atoms with Crippen LogP contribution in [-0.4, -0.2) is 55.3 Å². The summed E-state index contributed by atoms with van der Waals surface area (Å²) in [6, 6.07) is 7.24. The van der Waals surface area contributed by atoms with Crippen LogP contribution in [0.2, 0.25) is 0 Å². The molecule has 1 aliphatic rings. The third kappa shape index (κ3) is 6.06. The maximum atomic E-state index is 12.3. The minimum atomic E-state index is -0.107. The van der Waals surface area contributed by atoms with E-state index in [4.69, 9.17) is 9.47 Å². The molecular weight excluding hydrogens is 336 g/mol. The molecule has 0 unspecified atom stereocenters. The summed E-state index contributed by atoms with van der Waals surface area (Å²) in [5.41, 5.74) is 0. The first-order valence-corrected chi connectivity index (χ1v) is 8.82. The van der Waals surface area contributed by atoms with Crippen molar-refractivity contribution in [1.29, 1.82) is 0 Å². The summed E-state index contributed by atoms with van der Waals surface area (Å²) >= 11 is 0. The van der Waals surface area contributed by atoms with E-state index in [1.54, 1.807) is 24.1 Å². The van der Waals surface area contributed by atoms with Crippen molar-refractivity contribution in [2.45, 2.75) is 38.6 Å². The van der Waals surface area contributed by atoms with Crippen LogP contribution in [0.1, 0.15) is 32.6 Å². The molecular formula is C19H26N2O5. The van der Waals surface area contributed by atoms with E-state index in [0.29, 0.717) is 37.4 Å². The van der Waals surface area contributed by atoms with Gasteiger partial charge in [-0.3, -0.25) is 9.59 Å². The molecule has 1 aromatic rings. The Balaban J connectivity index is 1.72. The Morgan fingerprint density at radius 1 is 1.12 bits per heavy atom. The SMILES string of the molecule is COc1ccccc1OCC(=O)N1CCC(NC(=O)CCC(C)=O)CC1. The fourth-order valence-electron chi connectivity index (χ4n) is 2.83. The normalized spacial score (nSPS) is 14.6. The van der Waals surface area contributed by atoms with Crippen molar-refractivity contribution in [3.63, 3.8) is 0 Å². The number of ether oxygens (including phenoxy) is 2. The molecule has 0 atom stereocenters. The van der Waals surface area contributed by atoms with E-state index < -0.39 is 0 Å². The van der Waals surface area contributed by atoms with Crippen LogP contribution in [0.15, 0.2) is 24.3 Å². The summed E-state index contributed by atoms with van der Waals surface area (Å²) < 4.78 is 10.8. The standard InChI is InChI=1S/C19H26N2O5/c1-14(22)7-8-18(23)20-15-9-11-21(12-10-15)19(24)13-26-17-6-4-3-5-16(17)25-2/h3-6,15H,7-13H2,1-2H3,(H,20,23). The maximum Gasteiger partial charge on any atom is 0.260 e. The highest BCUT2D eigenvalue weighted by Gasteiger charge is 2.24. The second-order valence-corrected chi connectivity index (χ2v) is 6.36. The summed E-state index contributed by atoms with van der Waals surface area (Å²) in [6.07, 6.45) is 1.89. The van der Waals surface area contributed by atoms with E-state index in [2.05, 4.69) is 5.32 Å². The Kier molecular flexibility index (Phi) is 7.44. The molecule has 2 amide bonds.